The number of benzene rings is 1. The first-order chi connectivity index (χ1) is 11.9. The summed E-state index contributed by atoms with van der Waals surface area (Å²) in [7, 11) is -3.03. The summed E-state index contributed by atoms with van der Waals surface area (Å²) >= 11 is 0. The zero-order valence-electron chi connectivity index (χ0n) is 13.4. The number of carbonyl (C=O) groups is 1. The zero-order chi connectivity index (χ0) is 17.9. The molecule has 25 heavy (non-hydrogen) atoms. The van der Waals surface area contributed by atoms with Gasteiger partial charge in [-0.2, -0.15) is 0 Å². The smallest absolute Gasteiger partial charge is 0.253 e. The van der Waals surface area contributed by atoms with Gasteiger partial charge < -0.3 is 10.6 Å². The Hall–Kier alpha value is -2.48. The Morgan fingerprint density at radius 3 is 2.56 bits per heavy atom. The molecule has 1 aromatic heterocycles. The minimum atomic E-state index is -3.03. The summed E-state index contributed by atoms with van der Waals surface area (Å²) in [6.07, 6.45) is 1.88. The first kappa shape index (κ1) is 17.3. The average molecular weight is 363 g/mol. The Labute approximate surface area is 145 Å². The minimum Gasteiger partial charge on any atom is -0.366 e. The molecule has 8 heteroatoms. The molecule has 2 aromatic rings. The van der Waals surface area contributed by atoms with E-state index in [1.165, 1.54) is 18.3 Å². The number of sulfone groups is 1. The monoisotopic (exact) mass is 363 g/mol. The van der Waals surface area contributed by atoms with Gasteiger partial charge in [0, 0.05) is 18.8 Å². The van der Waals surface area contributed by atoms with Crippen LogP contribution < -0.4 is 10.6 Å². The van der Waals surface area contributed by atoms with Crippen molar-refractivity contribution in [3.8, 4) is 0 Å². The lowest BCUT2D eigenvalue weighted by Crippen LogP contribution is -2.35. The molecule has 2 N–H and O–H groups in total. The van der Waals surface area contributed by atoms with Gasteiger partial charge in [0.1, 0.15) is 11.6 Å². The van der Waals surface area contributed by atoms with Crippen LogP contribution in [-0.2, 0) is 16.4 Å². The van der Waals surface area contributed by atoms with E-state index >= 15 is 0 Å². The van der Waals surface area contributed by atoms with Crippen molar-refractivity contribution in [1.29, 1.82) is 0 Å². The first-order valence-electron chi connectivity index (χ1n) is 7.87. The Bertz CT molecular complexity index is 852. The number of nitrogens with zero attached hydrogens (tertiary/aromatic N) is 1. The van der Waals surface area contributed by atoms with Gasteiger partial charge >= 0.3 is 0 Å². The number of rotatable bonds is 5. The lowest BCUT2D eigenvalue weighted by Gasteiger charge is -2.11. The molecule has 1 fully saturated rings. The van der Waals surface area contributed by atoms with E-state index in [2.05, 4.69) is 15.6 Å². The van der Waals surface area contributed by atoms with Gasteiger partial charge in [-0.15, -0.1) is 0 Å². The quantitative estimate of drug-likeness (QED) is 0.845. The molecule has 2 heterocycles. The molecule has 6 nitrogen and oxygen atoms in total. The third-order valence-corrected chi connectivity index (χ3v) is 5.75. The molecule has 1 saturated heterocycles. The van der Waals surface area contributed by atoms with Gasteiger partial charge in [-0.1, -0.05) is 12.1 Å². The highest BCUT2D eigenvalue weighted by Crippen LogP contribution is 2.13. The summed E-state index contributed by atoms with van der Waals surface area (Å²) in [6.45, 7) is 0.485. The minimum absolute atomic E-state index is 0.0104. The van der Waals surface area contributed by atoms with E-state index < -0.39 is 9.84 Å². The molecule has 1 amide bonds. The van der Waals surface area contributed by atoms with Gasteiger partial charge in [0.05, 0.1) is 17.1 Å². The zero-order valence-corrected chi connectivity index (χ0v) is 14.2. The molecule has 0 spiro atoms. The maximum absolute atomic E-state index is 12.9. The molecule has 3 rings (SSSR count). The van der Waals surface area contributed by atoms with Crippen LogP contribution in [0.1, 0.15) is 22.3 Å². The Kier molecular flexibility index (Phi) is 4.98. The Morgan fingerprint density at radius 1 is 1.20 bits per heavy atom. The number of aromatic nitrogens is 1. The molecule has 1 aliphatic heterocycles. The molecule has 0 bridgehead atoms. The number of halogens is 1. The van der Waals surface area contributed by atoms with Crippen molar-refractivity contribution in [1.82, 2.24) is 10.3 Å². The van der Waals surface area contributed by atoms with E-state index in [1.54, 1.807) is 24.3 Å². The average Bonchev–Trinajstić information content (AvgIpc) is 2.93. The summed E-state index contributed by atoms with van der Waals surface area (Å²) in [4.78, 5) is 16.3. The molecule has 0 radical (unpaired) electrons. The van der Waals surface area contributed by atoms with E-state index in [4.69, 9.17) is 0 Å². The highest BCUT2D eigenvalue weighted by molar-refractivity contribution is 7.91. The molecule has 1 aliphatic rings. The van der Waals surface area contributed by atoms with Crippen LogP contribution in [0.4, 0.5) is 10.2 Å². The molecular weight excluding hydrogens is 345 g/mol. The van der Waals surface area contributed by atoms with Crippen molar-refractivity contribution in [2.45, 2.75) is 19.0 Å². The fourth-order valence-corrected chi connectivity index (χ4v) is 4.28. The number of pyridine rings is 1. The molecule has 0 aliphatic carbocycles. The van der Waals surface area contributed by atoms with Crippen molar-refractivity contribution < 1.29 is 17.6 Å². The topological polar surface area (TPSA) is 88.2 Å². The third-order valence-electron chi connectivity index (χ3n) is 3.98. The number of nitrogens with one attached hydrogen (secondary N) is 2. The normalized spacial score (nSPS) is 18.7. The molecule has 1 aromatic carbocycles. The van der Waals surface area contributed by atoms with Crippen LogP contribution in [0.25, 0.3) is 0 Å². The van der Waals surface area contributed by atoms with Crippen LogP contribution in [0.3, 0.4) is 0 Å². The van der Waals surface area contributed by atoms with E-state index in [9.17, 15) is 17.6 Å². The maximum Gasteiger partial charge on any atom is 0.253 e. The van der Waals surface area contributed by atoms with Crippen LogP contribution in [0.15, 0.2) is 42.6 Å². The molecule has 0 saturated carbocycles. The predicted molar refractivity (Wildman–Crippen MR) is 92.5 cm³/mol. The highest BCUT2D eigenvalue weighted by Gasteiger charge is 2.29. The number of hydrogen-bond donors (Lipinski definition) is 2. The second-order valence-electron chi connectivity index (χ2n) is 5.99. The summed E-state index contributed by atoms with van der Waals surface area (Å²) in [6, 6.07) is 9.10. The number of amides is 1. The lowest BCUT2D eigenvalue weighted by atomic mass is 10.2. The van der Waals surface area contributed by atoms with Crippen molar-refractivity contribution in [3.63, 3.8) is 0 Å². The second kappa shape index (κ2) is 7.18. The van der Waals surface area contributed by atoms with Gasteiger partial charge in [0.15, 0.2) is 9.84 Å². The first-order valence-corrected chi connectivity index (χ1v) is 9.69. The van der Waals surface area contributed by atoms with E-state index in [0.717, 1.165) is 5.56 Å². The van der Waals surface area contributed by atoms with E-state index in [0.29, 0.717) is 24.3 Å². The SMILES string of the molecule is O=C(NC1CCS(=O)(=O)C1)c1ccc(NCc2ccc(F)cc2)nc1. The standard InChI is InChI=1S/C17H18FN3O3S/c18-14-4-1-12(2-5-14)9-19-16-6-3-13(10-20-16)17(22)21-15-7-8-25(23,24)11-15/h1-6,10,15H,7-9,11H2,(H,19,20)(H,21,22). The number of anilines is 1. The van der Waals surface area contributed by atoms with Crippen LogP contribution in [0, 0.1) is 5.82 Å². The van der Waals surface area contributed by atoms with Crippen molar-refractivity contribution in [2.24, 2.45) is 0 Å². The fourth-order valence-electron chi connectivity index (χ4n) is 2.61. The maximum atomic E-state index is 12.9. The van der Waals surface area contributed by atoms with Crippen molar-refractivity contribution in [3.05, 3.63) is 59.5 Å². The Morgan fingerprint density at radius 2 is 1.96 bits per heavy atom. The largest absolute Gasteiger partial charge is 0.366 e. The van der Waals surface area contributed by atoms with Gasteiger partial charge in [0.2, 0.25) is 0 Å². The number of hydrogen-bond acceptors (Lipinski definition) is 5. The lowest BCUT2D eigenvalue weighted by molar-refractivity contribution is 0.0941. The van der Waals surface area contributed by atoms with Gasteiger partial charge in [-0.05, 0) is 36.2 Å². The van der Waals surface area contributed by atoms with Crippen LogP contribution in [0.2, 0.25) is 0 Å². The molecule has 132 valence electrons. The summed E-state index contributed by atoms with van der Waals surface area (Å²) in [5, 5.41) is 5.81. The fraction of sp³-hybridized carbons (Fsp3) is 0.294. The van der Waals surface area contributed by atoms with Crippen LogP contribution >= 0.6 is 0 Å². The highest BCUT2D eigenvalue weighted by atomic mass is 32.2. The van der Waals surface area contributed by atoms with Crippen LogP contribution in [0.5, 0.6) is 0 Å². The molecular formula is C17H18FN3O3S. The molecule has 1 atom stereocenters. The third kappa shape index (κ3) is 4.76. The summed E-state index contributed by atoms with van der Waals surface area (Å²) in [5.74, 6) is 0.0719. The molecule has 1 unspecified atom stereocenters. The second-order valence-corrected chi connectivity index (χ2v) is 8.21. The van der Waals surface area contributed by atoms with Gasteiger partial charge in [0.25, 0.3) is 5.91 Å². The summed E-state index contributed by atoms with van der Waals surface area (Å²) < 4.78 is 35.7. The van der Waals surface area contributed by atoms with Gasteiger partial charge in [-0.3, -0.25) is 4.79 Å². The van der Waals surface area contributed by atoms with E-state index in [-0.39, 0.29) is 29.3 Å². The number of carbonyl (C=O) groups excluding carboxylic acids is 1. The predicted octanol–water partition coefficient (Wildman–Crippen LogP) is 1.75. The van der Waals surface area contributed by atoms with Crippen LogP contribution in [-0.4, -0.2) is 36.9 Å². The van der Waals surface area contributed by atoms with Gasteiger partial charge in [-0.25, -0.2) is 17.8 Å². The summed E-state index contributed by atoms with van der Waals surface area (Å²) in [5.41, 5.74) is 1.28. The Balaban J connectivity index is 1.54. The van der Waals surface area contributed by atoms with Crippen molar-refractivity contribution >= 4 is 21.6 Å². The van der Waals surface area contributed by atoms with E-state index in [1.807, 2.05) is 0 Å². The van der Waals surface area contributed by atoms with Crippen molar-refractivity contribution in [2.75, 3.05) is 16.8 Å².